The molecule has 0 aromatic heterocycles. The summed E-state index contributed by atoms with van der Waals surface area (Å²) in [6.45, 7) is 12.4. The summed E-state index contributed by atoms with van der Waals surface area (Å²) in [4.78, 5) is 35.2. The summed E-state index contributed by atoms with van der Waals surface area (Å²) in [5.41, 5.74) is 0.390. The lowest BCUT2D eigenvalue weighted by Gasteiger charge is -2.30. The molecule has 3 rings (SSSR count). The van der Waals surface area contributed by atoms with E-state index >= 15 is 0 Å². The first-order valence-corrected chi connectivity index (χ1v) is 8.72. The largest absolute Gasteiger partial charge is 0.461 e. The van der Waals surface area contributed by atoms with E-state index in [1.807, 2.05) is 6.92 Å². The van der Waals surface area contributed by atoms with Crippen molar-refractivity contribution in [2.75, 3.05) is 0 Å². The molecule has 0 aromatic carbocycles. The average Bonchev–Trinajstić information content (AvgIpc) is 3.11. The quantitative estimate of drug-likeness (QED) is 0.243. The number of epoxide rings is 1. The molecule has 7 heteroatoms. The van der Waals surface area contributed by atoms with E-state index in [-0.39, 0.29) is 18.1 Å². The summed E-state index contributed by atoms with van der Waals surface area (Å²) >= 11 is 0. The number of rotatable bonds is 2. The molecule has 2 heterocycles. The fraction of sp³-hybridized carbons (Fsp3) is 0.632. The topological polar surface area (TPSA) is 91.4 Å². The van der Waals surface area contributed by atoms with Crippen molar-refractivity contribution in [1.29, 1.82) is 0 Å². The Morgan fingerprint density at radius 3 is 2.46 bits per heavy atom. The maximum Gasteiger partial charge on any atom is 0.334 e. The number of hydrogen-bond donors (Lipinski definition) is 0. The molecule has 3 fully saturated rings. The zero-order valence-electron chi connectivity index (χ0n) is 15.3. The molecule has 0 amide bonds. The van der Waals surface area contributed by atoms with Gasteiger partial charge in [-0.3, -0.25) is 9.59 Å². The van der Waals surface area contributed by atoms with Gasteiger partial charge < -0.3 is 18.9 Å². The van der Waals surface area contributed by atoms with E-state index in [0.29, 0.717) is 18.4 Å². The van der Waals surface area contributed by atoms with Gasteiger partial charge >= 0.3 is 17.9 Å². The number of carbonyl (C=O) groups excluding carboxylic acids is 3. The van der Waals surface area contributed by atoms with Crippen molar-refractivity contribution >= 4 is 17.9 Å². The summed E-state index contributed by atoms with van der Waals surface area (Å²) in [5, 5.41) is 0. The standard InChI is InChI=1S/C19H24O7/c1-9-8-14(24-12(4)21)15-10(2)18(22)25-16(15)17-19(5,26-17)7-6-13(9)23-11(3)20/h13-17H,1-2,6-8H2,3-5H3/t13-,14-,15-,16+,17-,19-/m1/s1. The molecule has 2 saturated heterocycles. The van der Waals surface area contributed by atoms with Crippen molar-refractivity contribution in [3.05, 3.63) is 24.3 Å². The minimum atomic E-state index is -0.687. The molecule has 0 spiro atoms. The van der Waals surface area contributed by atoms with Crippen molar-refractivity contribution < 1.29 is 33.3 Å². The van der Waals surface area contributed by atoms with E-state index < -0.39 is 47.7 Å². The molecule has 142 valence electrons. The van der Waals surface area contributed by atoms with Crippen molar-refractivity contribution in [3.63, 3.8) is 0 Å². The van der Waals surface area contributed by atoms with Gasteiger partial charge in [0.1, 0.15) is 24.4 Å². The summed E-state index contributed by atoms with van der Waals surface area (Å²) in [6, 6.07) is 0. The zero-order chi connectivity index (χ0) is 19.2. The molecule has 1 saturated carbocycles. The molecular formula is C19H24O7. The van der Waals surface area contributed by atoms with Crippen molar-refractivity contribution in [1.82, 2.24) is 0 Å². The Labute approximate surface area is 152 Å². The molecule has 6 atom stereocenters. The highest BCUT2D eigenvalue weighted by Gasteiger charge is 2.63. The van der Waals surface area contributed by atoms with Crippen LogP contribution in [0.1, 0.15) is 40.0 Å². The smallest absolute Gasteiger partial charge is 0.334 e. The maximum atomic E-state index is 12.1. The minimum absolute atomic E-state index is 0.248. The molecule has 1 aliphatic carbocycles. The van der Waals surface area contributed by atoms with Crippen LogP contribution in [-0.2, 0) is 33.3 Å². The highest BCUT2D eigenvalue weighted by atomic mass is 16.6. The van der Waals surface area contributed by atoms with Gasteiger partial charge in [0, 0.05) is 25.8 Å². The lowest BCUT2D eigenvalue weighted by atomic mass is 9.80. The Morgan fingerprint density at radius 1 is 1.19 bits per heavy atom. The molecule has 2 aliphatic heterocycles. The third-order valence-corrected chi connectivity index (χ3v) is 5.35. The van der Waals surface area contributed by atoms with Crippen LogP contribution in [0.25, 0.3) is 0 Å². The van der Waals surface area contributed by atoms with Crippen molar-refractivity contribution in [2.24, 2.45) is 5.92 Å². The van der Waals surface area contributed by atoms with Crippen LogP contribution in [0.4, 0.5) is 0 Å². The molecule has 0 N–H and O–H groups in total. The second-order valence-corrected chi connectivity index (χ2v) is 7.42. The third kappa shape index (κ3) is 3.40. The Kier molecular flexibility index (Phi) is 4.69. The normalized spacial score (nSPS) is 39.3. The van der Waals surface area contributed by atoms with Crippen LogP contribution in [0.15, 0.2) is 24.3 Å². The fourth-order valence-electron chi connectivity index (χ4n) is 3.97. The molecule has 3 aliphatic rings. The average molecular weight is 364 g/mol. The van der Waals surface area contributed by atoms with E-state index in [1.54, 1.807) is 0 Å². The van der Waals surface area contributed by atoms with Gasteiger partial charge in [-0.1, -0.05) is 13.2 Å². The first-order valence-electron chi connectivity index (χ1n) is 8.72. The van der Waals surface area contributed by atoms with Gasteiger partial charge in [0.25, 0.3) is 0 Å². The number of hydrogen-bond acceptors (Lipinski definition) is 7. The monoisotopic (exact) mass is 364 g/mol. The fourth-order valence-corrected chi connectivity index (χ4v) is 3.97. The Balaban J connectivity index is 1.94. The number of fused-ring (bicyclic) bond motifs is 3. The van der Waals surface area contributed by atoms with E-state index in [2.05, 4.69) is 13.2 Å². The first kappa shape index (κ1) is 18.6. The van der Waals surface area contributed by atoms with Crippen LogP contribution < -0.4 is 0 Å². The van der Waals surface area contributed by atoms with Crippen LogP contribution in [-0.4, -0.2) is 47.9 Å². The molecule has 0 radical (unpaired) electrons. The lowest BCUT2D eigenvalue weighted by Crippen LogP contribution is -2.40. The first-order chi connectivity index (χ1) is 12.1. The lowest BCUT2D eigenvalue weighted by molar-refractivity contribution is -0.152. The van der Waals surface area contributed by atoms with E-state index in [4.69, 9.17) is 18.9 Å². The predicted octanol–water partition coefficient (Wildman–Crippen LogP) is 1.85. The number of esters is 3. The second kappa shape index (κ2) is 6.54. The van der Waals surface area contributed by atoms with Crippen LogP contribution in [0.3, 0.4) is 0 Å². The molecule has 0 aromatic rings. The van der Waals surface area contributed by atoms with Gasteiger partial charge in [-0.2, -0.15) is 0 Å². The van der Waals surface area contributed by atoms with Gasteiger partial charge in [0.15, 0.2) is 0 Å². The van der Waals surface area contributed by atoms with Gasteiger partial charge in [-0.05, 0) is 25.3 Å². The zero-order valence-corrected chi connectivity index (χ0v) is 15.3. The van der Waals surface area contributed by atoms with Crippen molar-refractivity contribution in [3.8, 4) is 0 Å². The number of carbonyl (C=O) groups is 3. The van der Waals surface area contributed by atoms with Gasteiger partial charge in [-0.15, -0.1) is 0 Å². The van der Waals surface area contributed by atoms with Crippen molar-refractivity contribution in [2.45, 2.75) is 70.1 Å². The van der Waals surface area contributed by atoms with E-state index in [0.717, 1.165) is 0 Å². The summed E-state index contributed by atoms with van der Waals surface area (Å²) < 4.78 is 22.3. The summed E-state index contributed by atoms with van der Waals surface area (Å²) in [5.74, 6) is -1.91. The van der Waals surface area contributed by atoms with Gasteiger partial charge in [0.2, 0.25) is 0 Å². The molecule has 7 nitrogen and oxygen atoms in total. The third-order valence-electron chi connectivity index (χ3n) is 5.35. The predicted molar refractivity (Wildman–Crippen MR) is 89.9 cm³/mol. The van der Waals surface area contributed by atoms with Gasteiger partial charge in [0.05, 0.1) is 11.5 Å². The highest BCUT2D eigenvalue weighted by Crippen LogP contribution is 2.51. The van der Waals surface area contributed by atoms with Crippen LogP contribution in [0.2, 0.25) is 0 Å². The van der Waals surface area contributed by atoms with E-state index in [9.17, 15) is 14.4 Å². The SMILES string of the molecule is C=C1C(=O)O[C@H]2[C@H]1[C@H](OC(C)=O)CC(=C)[C@H](OC(C)=O)CC[C@@]1(C)O[C@H]21. The van der Waals surface area contributed by atoms with Crippen LogP contribution in [0.5, 0.6) is 0 Å². The Hall–Kier alpha value is -2.15. The molecule has 0 bridgehead atoms. The molecular weight excluding hydrogens is 340 g/mol. The Morgan fingerprint density at radius 2 is 1.85 bits per heavy atom. The second-order valence-electron chi connectivity index (χ2n) is 7.42. The summed E-state index contributed by atoms with van der Waals surface area (Å²) in [7, 11) is 0. The highest BCUT2D eigenvalue weighted by molar-refractivity contribution is 5.91. The molecule has 26 heavy (non-hydrogen) atoms. The maximum absolute atomic E-state index is 12.1. The minimum Gasteiger partial charge on any atom is -0.461 e. The summed E-state index contributed by atoms with van der Waals surface area (Å²) in [6.07, 6.45) is -0.647. The number of ether oxygens (including phenoxy) is 4. The van der Waals surface area contributed by atoms with Crippen LogP contribution in [0, 0.1) is 5.92 Å². The van der Waals surface area contributed by atoms with Crippen LogP contribution >= 0.6 is 0 Å². The molecule has 0 unspecified atom stereocenters. The van der Waals surface area contributed by atoms with Gasteiger partial charge in [-0.25, -0.2) is 4.79 Å². The Bertz CT molecular complexity index is 681. The van der Waals surface area contributed by atoms with E-state index in [1.165, 1.54) is 13.8 Å².